The molecule has 20 heavy (non-hydrogen) atoms. The predicted octanol–water partition coefficient (Wildman–Crippen LogP) is 4.53. The number of hydrogen-bond acceptors (Lipinski definition) is 2. The van der Waals surface area contributed by atoms with Crippen molar-refractivity contribution in [1.29, 1.82) is 0 Å². The van der Waals surface area contributed by atoms with E-state index in [1.54, 1.807) is 12.1 Å². The van der Waals surface area contributed by atoms with Gasteiger partial charge in [-0.25, -0.2) is 4.79 Å². The van der Waals surface area contributed by atoms with Crippen molar-refractivity contribution in [2.24, 2.45) is 0 Å². The van der Waals surface area contributed by atoms with E-state index < -0.39 is 5.97 Å². The van der Waals surface area contributed by atoms with E-state index in [0.717, 1.165) is 15.8 Å². The molecular formula is C16H16BrNO2. The second-order valence-corrected chi connectivity index (χ2v) is 5.73. The standard InChI is InChI=1S/C16H16BrNO2/c1-10-6-11(2)8-13(7-10)18(3)15-5-4-12(16(19)20)9-14(15)17/h4-9H,1-3H3,(H,19,20). The van der Waals surface area contributed by atoms with Gasteiger partial charge in [0.15, 0.2) is 0 Å². The minimum Gasteiger partial charge on any atom is -0.478 e. The number of benzene rings is 2. The summed E-state index contributed by atoms with van der Waals surface area (Å²) in [6.45, 7) is 4.12. The molecule has 4 heteroatoms. The van der Waals surface area contributed by atoms with Crippen LogP contribution in [0.5, 0.6) is 0 Å². The Bertz CT molecular complexity index is 647. The molecule has 1 N–H and O–H groups in total. The smallest absolute Gasteiger partial charge is 0.335 e. The highest BCUT2D eigenvalue weighted by Crippen LogP contribution is 2.32. The number of carboxylic acids is 1. The molecule has 2 aromatic rings. The molecule has 0 fully saturated rings. The molecule has 0 aromatic heterocycles. The Morgan fingerprint density at radius 1 is 1.10 bits per heavy atom. The lowest BCUT2D eigenvalue weighted by atomic mass is 10.1. The van der Waals surface area contributed by atoms with Gasteiger partial charge in [-0.3, -0.25) is 0 Å². The van der Waals surface area contributed by atoms with Crippen molar-refractivity contribution in [3.8, 4) is 0 Å². The van der Waals surface area contributed by atoms with Crippen LogP contribution in [-0.4, -0.2) is 18.1 Å². The van der Waals surface area contributed by atoms with Gasteiger partial charge in [0.2, 0.25) is 0 Å². The van der Waals surface area contributed by atoms with E-state index in [-0.39, 0.29) is 5.56 Å². The van der Waals surface area contributed by atoms with E-state index in [1.807, 2.05) is 18.0 Å². The highest BCUT2D eigenvalue weighted by atomic mass is 79.9. The summed E-state index contributed by atoms with van der Waals surface area (Å²) in [5, 5.41) is 8.99. The third-order valence-electron chi connectivity index (χ3n) is 3.15. The molecule has 0 bridgehead atoms. The first kappa shape index (κ1) is 14.6. The third-order valence-corrected chi connectivity index (χ3v) is 3.78. The Labute approximate surface area is 127 Å². The number of aromatic carboxylic acids is 1. The van der Waals surface area contributed by atoms with Crippen LogP contribution in [0, 0.1) is 13.8 Å². The lowest BCUT2D eigenvalue weighted by Gasteiger charge is -2.22. The monoisotopic (exact) mass is 333 g/mol. The van der Waals surface area contributed by atoms with Crippen molar-refractivity contribution in [3.63, 3.8) is 0 Å². The van der Waals surface area contributed by atoms with Gasteiger partial charge in [0.1, 0.15) is 0 Å². The van der Waals surface area contributed by atoms with Gasteiger partial charge in [-0.1, -0.05) is 6.07 Å². The SMILES string of the molecule is Cc1cc(C)cc(N(C)c2ccc(C(=O)O)cc2Br)c1. The van der Waals surface area contributed by atoms with Gasteiger partial charge in [-0.2, -0.15) is 0 Å². The lowest BCUT2D eigenvalue weighted by molar-refractivity contribution is 0.0697. The fourth-order valence-electron chi connectivity index (χ4n) is 2.20. The average molecular weight is 334 g/mol. The van der Waals surface area contributed by atoms with Gasteiger partial charge < -0.3 is 10.0 Å². The number of carboxylic acid groups (broad SMARTS) is 1. The topological polar surface area (TPSA) is 40.5 Å². The van der Waals surface area contributed by atoms with Crippen LogP contribution in [0.1, 0.15) is 21.5 Å². The Morgan fingerprint density at radius 3 is 2.20 bits per heavy atom. The summed E-state index contributed by atoms with van der Waals surface area (Å²) >= 11 is 3.45. The number of rotatable bonds is 3. The summed E-state index contributed by atoms with van der Waals surface area (Å²) in [5.74, 6) is -0.925. The summed E-state index contributed by atoms with van der Waals surface area (Å²) in [5.41, 5.74) is 4.68. The largest absolute Gasteiger partial charge is 0.478 e. The molecule has 0 atom stereocenters. The van der Waals surface area contributed by atoms with Gasteiger partial charge in [0.25, 0.3) is 0 Å². The molecule has 0 amide bonds. The minimum atomic E-state index is -0.925. The van der Waals surface area contributed by atoms with E-state index in [9.17, 15) is 4.79 Å². The molecule has 0 saturated carbocycles. The maximum absolute atomic E-state index is 11.0. The van der Waals surface area contributed by atoms with Crippen LogP contribution < -0.4 is 4.90 Å². The van der Waals surface area contributed by atoms with Crippen molar-refractivity contribution in [1.82, 2.24) is 0 Å². The van der Waals surface area contributed by atoms with Crippen LogP contribution in [-0.2, 0) is 0 Å². The maximum Gasteiger partial charge on any atom is 0.335 e. The van der Waals surface area contributed by atoms with Crippen molar-refractivity contribution in [3.05, 3.63) is 57.6 Å². The maximum atomic E-state index is 11.0. The van der Waals surface area contributed by atoms with E-state index in [0.29, 0.717) is 0 Å². The van der Waals surface area contributed by atoms with Crippen LogP contribution in [0.3, 0.4) is 0 Å². The first-order chi connectivity index (χ1) is 9.38. The van der Waals surface area contributed by atoms with Crippen LogP contribution in [0.15, 0.2) is 40.9 Å². The summed E-state index contributed by atoms with van der Waals surface area (Å²) < 4.78 is 0.763. The minimum absolute atomic E-state index is 0.273. The molecule has 0 spiro atoms. The van der Waals surface area contributed by atoms with E-state index in [2.05, 4.69) is 48.0 Å². The Kier molecular flexibility index (Phi) is 4.14. The fraction of sp³-hybridized carbons (Fsp3) is 0.188. The number of aryl methyl sites for hydroxylation is 2. The van der Waals surface area contributed by atoms with Crippen LogP contribution >= 0.6 is 15.9 Å². The second kappa shape index (κ2) is 5.67. The van der Waals surface area contributed by atoms with Crippen LogP contribution in [0.2, 0.25) is 0 Å². The molecule has 104 valence electrons. The Balaban J connectivity index is 2.42. The Morgan fingerprint density at radius 2 is 1.70 bits per heavy atom. The summed E-state index contributed by atoms with van der Waals surface area (Å²) in [4.78, 5) is 13.0. The fourth-order valence-corrected chi connectivity index (χ4v) is 2.84. The van der Waals surface area contributed by atoms with Gasteiger partial charge >= 0.3 is 5.97 Å². The zero-order valence-corrected chi connectivity index (χ0v) is 13.2. The quantitative estimate of drug-likeness (QED) is 0.896. The molecule has 0 radical (unpaired) electrons. The summed E-state index contributed by atoms with van der Waals surface area (Å²) in [7, 11) is 1.97. The van der Waals surface area contributed by atoms with Crippen LogP contribution in [0.25, 0.3) is 0 Å². The van der Waals surface area contributed by atoms with Crippen molar-refractivity contribution < 1.29 is 9.90 Å². The lowest BCUT2D eigenvalue weighted by Crippen LogP contribution is -2.11. The zero-order chi connectivity index (χ0) is 14.9. The summed E-state index contributed by atoms with van der Waals surface area (Å²) in [6, 6.07) is 11.4. The molecule has 0 unspecified atom stereocenters. The van der Waals surface area contributed by atoms with E-state index in [1.165, 1.54) is 11.1 Å². The molecule has 3 nitrogen and oxygen atoms in total. The van der Waals surface area contributed by atoms with Gasteiger partial charge in [-0.05, 0) is 71.2 Å². The van der Waals surface area contributed by atoms with Gasteiger partial charge in [0, 0.05) is 17.2 Å². The molecular weight excluding hydrogens is 318 g/mol. The van der Waals surface area contributed by atoms with Gasteiger partial charge in [-0.15, -0.1) is 0 Å². The van der Waals surface area contributed by atoms with Crippen LogP contribution in [0.4, 0.5) is 11.4 Å². The number of hydrogen-bond donors (Lipinski definition) is 1. The number of anilines is 2. The highest BCUT2D eigenvalue weighted by Gasteiger charge is 2.11. The molecule has 0 aliphatic carbocycles. The molecule has 0 heterocycles. The van der Waals surface area contributed by atoms with E-state index >= 15 is 0 Å². The van der Waals surface area contributed by atoms with Crippen molar-refractivity contribution >= 4 is 33.3 Å². The van der Waals surface area contributed by atoms with E-state index in [4.69, 9.17) is 5.11 Å². The zero-order valence-electron chi connectivity index (χ0n) is 11.6. The number of carbonyl (C=O) groups is 1. The molecule has 0 aliphatic heterocycles. The average Bonchev–Trinajstić information content (AvgIpc) is 2.36. The van der Waals surface area contributed by atoms with Gasteiger partial charge in [0.05, 0.1) is 11.3 Å². The molecule has 0 aliphatic rings. The van der Waals surface area contributed by atoms with Crippen molar-refractivity contribution in [2.75, 3.05) is 11.9 Å². The first-order valence-electron chi connectivity index (χ1n) is 6.23. The number of nitrogens with zero attached hydrogens (tertiary/aromatic N) is 1. The second-order valence-electron chi connectivity index (χ2n) is 4.88. The van der Waals surface area contributed by atoms with Crippen molar-refractivity contribution in [2.45, 2.75) is 13.8 Å². The Hall–Kier alpha value is -1.81. The third kappa shape index (κ3) is 3.02. The molecule has 2 rings (SSSR count). The predicted molar refractivity (Wildman–Crippen MR) is 85.1 cm³/mol. The molecule has 2 aromatic carbocycles. The summed E-state index contributed by atoms with van der Waals surface area (Å²) in [6.07, 6.45) is 0. The normalized spacial score (nSPS) is 10.4. The molecule has 0 saturated heterocycles. The highest BCUT2D eigenvalue weighted by molar-refractivity contribution is 9.10. The first-order valence-corrected chi connectivity index (χ1v) is 7.02. The number of halogens is 1.